The Morgan fingerprint density at radius 2 is 1.89 bits per heavy atom. The van der Waals surface area contributed by atoms with Gasteiger partial charge >= 0.3 is 12.1 Å². The Labute approximate surface area is 202 Å². The molecule has 4 heterocycles. The van der Waals surface area contributed by atoms with Crippen LogP contribution in [0.5, 0.6) is 0 Å². The van der Waals surface area contributed by atoms with Crippen LogP contribution >= 0.6 is 0 Å². The Bertz CT molecular complexity index is 1560. The molecule has 5 rings (SSSR count). The molecule has 194 valence electrons. The molecule has 0 bridgehead atoms. The molecule has 0 aliphatic carbocycles. The molecule has 37 heavy (non-hydrogen) atoms. The molecule has 1 unspecified atom stereocenters. The number of anilines is 2. The third-order valence-corrected chi connectivity index (χ3v) is 6.06. The van der Waals surface area contributed by atoms with Crippen molar-refractivity contribution >= 4 is 28.4 Å². The highest BCUT2D eigenvalue weighted by atomic mass is 19.4. The average Bonchev–Trinajstić information content (AvgIpc) is 3.46. The summed E-state index contributed by atoms with van der Waals surface area (Å²) in [6.45, 7) is 3.03. The minimum atomic E-state index is -5.75. The molecule has 0 saturated heterocycles. The standard InChI is InChI=1S/C21H16F6N8O2/c1-8-29-17(37-34-8)19(2)13-14(28)30-18(32-15(13)31-16(19)36)35-12-4-3-9(22)7-10(12)11(33-35)5-6-20(23,24)21(25,26)27/h3-4,7H,5-6H2,1-2H3,(H3,28,30,31,32,36). The van der Waals surface area contributed by atoms with Crippen LogP contribution in [0.25, 0.3) is 16.9 Å². The zero-order valence-electron chi connectivity index (χ0n) is 19.0. The van der Waals surface area contributed by atoms with Gasteiger partial charge in [-0.15, -0.1) is 0 Å². The highest BCUT2D eigenvalue weighted by molar-refractivity contribution is 6.08. The van der Waals surface area contributed by atoms with E-state index in [-0.39, 0.29) is 51.5 Å². The first kappa shape index (κ1) is 24.5. The predicted octanol–water partition coefficient (Wildman–Crippen LogP) is 3.62. The summed E-state index contributed by atoms with van der Waals surface area (Å²) in [5.41, 5.74) is 4.66. The number of benzene rings is 1. The van der Waals surface area contributed by atoms with Crippen LogP contribution < -0.4 is 11.1 Å². The van der Waals surface area contributed by atoms with Gasteiger partial charge in [-0.3, -0.25) is 4.79 Å². The summed E-state index contributed by atoms with van der Waals surface area (Å²) in [6, 6.07) is 3.23. The number of carbonyl (C=O) groups is 1. The summed E-state index contributed by atoms with van der Waals surface area (Å²) in [7, 11) is 0. The zero-order chi connectivity index (χ0) is 26.9. The number of hydrogen-bond acceptors (Lipinski definition) is 8. The Kier molecular flexibility index (Phi) is 5.21. The van der Waals surface area contributed by atoms with Crippen molar-refractivity contribution in [3.8, 4) is 5.95 Å². The number of hydrogen-bond donors (Lipinski definition) is 2. The van der Waals surface area contributed by atoms with Crippen molar-refractivity contribution in [2.75, 3.05) is 11.1 Å². The third kappa shape index (κ3) is 3.74. The largest absolute Gasteiger partial charge is 0.453 e. The van der Waals surface area contributed by atoms with E-state index >= 15 is 0 Å². The molecular weight excluding hydrogens is 510 g/mol. The lowest BCUT2D eigenvalue weighted by Gasteiger charge is -2.18. The van der Waals surface area contributed by atoms with Gasteiger partial charge < -0.3 is 15.6 Å². The summed E-state index contributed by atoms with van der Waals surface area (Å²) >= 11 is 0. The topological polar surface area (TPSA) is 138 Å². The molecule has 4 aromatic rings. The van der Waals surface area contributed by atoms with Crippen LogP contribution in [0.3, 0.4) is 0 Å². The predicted molar refractivity (Wildman–Crippen MR) is 114 cm³/mol. The lowest BCUT2D eigenvalue weighted by molar-refractivity contribution is -0.284. The molecule has 0 fully saturated rings. The van der Waals surface area contributed by atoms with Gasteiger partial charge in [-0.05, 0) is 38.5 Å². The number of rotatable bonds is 5. The van der Waals surface area contributed by atoms with Crippen molar-refractivity contribution in [3.05, 3.63) is 47.0 Å². The number of aromatic nitrogens is 6. The molecule has 10 nitrogen and oxygen atoms in total. The lowest BCUT2D eigenvalue weighted by atomic mass is 9.84. The molecule has 1 aromatic carbocycles. The van der Waals surface area contributed by atoms with Gasteiger partial charge in [0.05, 0.1) is 16.8 Å². The maximum absolute atomic E-state index is 13.9. The van der Waals surface area contributed by atoms with E-state index in [1.165, 1.54) is 13.0 Å². The van der Waals surface area contributed by atoms with Gasteiger partial charge in [-0.1, -0.05) is 5.16 Å². The smallest absolute Gasteiger partial charge is 0.383 e. The second-order valence-electron chi connectivity index (χ2n) is 8.58. The number of nitrogens with zero attached hydrogens (tertiary/aromatic N) is 6. The van der Waals surface area contributed by atoms with Crippen LogP contribution in [0.15, 0.2) is 22.7 Å². The number of halogens is 6. The molecule has 0 spiro atoms. The van der Waals surface area contributed by atoms with E-state index in [1.807, 2.05) is 0 Å². The van der Waals surface area contributed by atoms with E-state index in [4.69, 9.17) is 10.3 Å². The van der Waals surface area contributed by atoms with Gasteiger partial charge in [-0.25, -0.2) is 4.39 Å². The van der Waals surface area contributed by atoms with Crippen LogP contribution in [0.2, 0.25) is 0 Å². The van der Waals surface area contributed by atoms with Crippen LogP contribution in [-0.4, -0.2) is 47.9 Å². The zero-order valence-corrected chi connectivity index (χ0v) is 19.0. The first-order chi connectivity index (χ1) is 17.2. The maximum atomic E-state index is 13.9. The van der Waals surface area contributed by atoms with Crippen molar-refractivity contribution in [2.24, 2.45) is 0 Å². The summed E-state index contributed by atoms with van der Waals surface area (Å²) in [6.07, 6.45) is -8.19. The van der Waals surface area contributed by atoms with Crippen LogP contribution in [0.4, 0.5) is 38.0 Å². The molecule has 3 N–H and O–H groups in total. The molecule has 1 atom stereocenters. The number of alkyl halides is 5. The fourth-order valence-electron chi connectivity index (χ4n) is 4.10. The molecule has 1 aliphatic heterocycles. The second kappa shape index (κ2) is 7.88. The Morgan fingerprint density at radius 3 is 2.54 bits per heavy atom. The number of nitrogens with two attached hydrogens (primary N) is 1. The van der Waals surface area contributed by atoms with Gasteiger partial charge in [0.15, 0.2) is 11.2 Å². The van der Waals surface area contributed by atoms with Gasteiger partial charge in [0.25, 0.3) is 5.95 Å². The van der Waals surface area contributed by atoms with Crippen molar-refractivity contribution in [1.82, 2.24) is 29.9 Å². The average molecular weight is 526 g/mol. The summed E-state index contributed by atoms with van der Waals surface area (Å²) in [5.74, 6) is -6.57. The van der Waals surface area contributed by atoms with E-state index in [1.54, 1.807) is 6.92 Å². The van der Waals surface area contributed by atoms with Gasteiger partial charge in [0.1, 0.15) is 17.5 Å². The minimum absolute atomic E-state index is 0.0177. The molecule has 16 heteroatoms. The number of carbonyl (C=O) groups excluding carboxylic acids is 1. The summed E-state index contributed by atoms with van der Waals surface area (Å²) < 4.78 is 85.2. The normalized spacial score (nSPS) is 17.9. The second-order valence-corrected chi connectivity index (χ2v) is 8.58. The Morgan fingerprint density at radius 1 is 1.16 bits per heavy atom. The molecule has 1 aliphatic rings. The first-order valence-electron chi connectivity index (χ1n) is 10.6. The quantitative estimate of drug-likeness (QED) is 0.376. The molecule has 0 saturated carbocycles. The first-order valence-corrected chi connectivity index (χ1v) is 10.6. The molecule has 1 amide bonds. The van der Waals surface area contributed by atoms with Crippen LogP contribution in [0, 0.1) is 12.7 Å². The fourth-order valence-corrected chi connectivity index (χ4v) is 4.10. The number of fused-ring (bicyclic) bond motifs is 2. The fraction of sp³-hybridized carbons (Fsp3) is 0.333. The van der Waals surface area contributed by atoms with E-state index < -0.39 is 42.1 Å². The Hall–Kier alpha value is -4.24. The lowest BCUT2D eigenvalue weighted by Crippen LogP contribution is -2.36. The van der Waals surface area contributed by atoms with Gasteiger partial charge in [-0.2, -0.15) is 46.7 Å². The molecular formula is C21H16F6N8O2. The van der Waals surface area contributed by atoms with E-state index in [9.17, 15) is 31.1 Å². The monoisotopic (exact) mass is 526 g/mol. The summed E-state index contributed by atoms with van der Waals surface area (Å²) in [5, 5.41) is 10.3. The Balaban J connectivity index is 1.60. The maximum Gasteiger partial charge on any atom is 0.453 e. The third-order valence-electron chi connectivity index (χ3n) is 6.06. The number of amides is 1. The van der Waals surface area contributed by atoms with E-state index in [0.29, 0.717) is 0 Å². The van der Waals surface area contributed by atoms with Crippen LogP contribution in [0.1, 0.15) is 36.3 Å². The SMILES string of the molecule is Cc1noc(C2(C)C(=O)Nc3nc(-n4nc(CCC(F)(F)C(F)(F)F)c5cc(F)ccc54)nc(N)c32)n1. The van der Waals surface area contributed by atoms with Gasteiger partial charge in [0, 0.05) is 11.8 Å². The minimum Gasteiger partial charge on any atom is -0.383 e. The molecule has 3 aromatic heterocycles. The van der Waals surface area contributed by atoms with Crippen LogP contribution in [-0.2, 0) is 16.6 Å². The summed E-state index contributed by atoms with van der Waals surface area (Å²) in [4.78, 5) is 25.4. The molecule has 0 radical (unpaired) electrons. The number of nitrogens with one attached hydrogen (secondary N) is 1. The van der Waals surface area contributed by atoms with Gasteiger partial charge in [0.2, 0.25) is 11.8 Å². The highest BCUT2D eigenvalue weighted by Crippen LogP contribution is 2.44. The van der Waals surface area contributed by atoms with E-state index in [0.717, 1.165) is 16.8 Å². The van der Waals surface area contributed by atoms with Crippen molar-refractivity contribution in [2.45, 2.75) is 44.2 Å². The van der Waals surface area contributed by atoms with Crippen molar-refractivity contribution in [3.63, 3.8) is 0 Å². The van der Waals surface area contributed by atoms with Crippen molar-refractivity contribution in [1.29, 1.82) is 0 Å². The number of nitrogen functional groups attached to an aromatic ring is 1. The number of aryl methyl sites for hydroxylation is 2. The van der Waals surface area contributed by atoms with Crippen molar-refractivity contribution < 1.29 is 35.7 Å². The van der Waals surface area contributed by atoms with E-state index in [2.05, 4.69) is 30.5 Å². The highest BCUT2D eigenvalue weighted by Gasteiger charge is 2.57.